The molecule has 1 aromatic carbocycles. The highest BCUT2D eigenvalue weighted by Crippen LogP contribution is 2.22. The van der Waals surface area contributed by atoms with Gasteiger partial charge in [-0.05, 0) is 18.9 Å². The van der Waals surface area contributed by atoms with Crippen LogP contribution in [0.4, 0.5) is 13.2 Å². The summed E-state index contributed by atoms with van der Waals surface area (Å²) in [5, 5.41) is 9.92. The molecule has 0 saturated heterocycles. The van der Waals surface area contributed by atoms with E-state index in [0.29, 0.717) is 5.39 Å². The first kappa shape index (κ1) is 14.4. The molecule has 2 aromatic rings. The summed E-state index contributed by atoms with van der Waals surface area (Å²) in [7, 11) is 0. The van der Waals surface area contributed by atoms with E-state index in [1.54, 1.807) is 18.2 Å². The van der Waals surface area contributed by atoms with Gasteiger partial charge < -0.3 is 5.32 Å². The topological polar surface area (TPSA) is 57.8 Å². The molecule has 0 aliphatic heterocycles. The van der Waals surface area contributed by atoms with E-state index in [1.807, 2.05) is 6.07 Å². The van der Waals surface area contributed by atoms with Crippen molar-refractivity contribution >= 4 is 16.8 Å². The number of aromatic amines is 1. The molecule has 2 rings (SSSR count). The number of carbonyl (C=O) groups is 1. The minimum atomic E-state index is -4.14. The zero-order chi connectivity index (χ0) is 14.6. The SMILES string of the molecule is O=C(NCCCCC(F)(F)F)c1n[nH]c2ccccc12. The molecule has 1 heterocycles. The van der Waals surface area contributed by atoms with E-state index >= 15 is 0 Å². The average Bonchev–Trinajstić information content (AvgIpc) is 2.80. The predicted molar refractivity (Wildman–Crippen MR) is 68.3 cm³/mol. The molecule has 0 atom stereocenters. The Hall–Kier alpha value is -2.05. The lowest BCUT2D eigenvalue weighted by Crippen LogP contribution is -2.25. The van der Waals surface area contributed by atoms with Crippen molar-refractivity contribution in [3.05, 3.63) is 30.0 Å². The van der Waals surface area contributed by atoms with Crippen LogP contribution in [-0.4, -0.2) is 28.8 Å². The van der Waals surface area contributed by atoms with Crippen molar-refractivity contribution in [3.8, 4) is 0 Å². The number of rotatable bonds is 5. The monoisotopic (exact) mass is 285 g/mol. The number of nitrogens with zero attached hydrogens (tertiary/aromatic N) is 1. The molecule has 0 fully saturated rings. The molecule has 4 nitrogen and oxygen atoms in total. The zero-order valence-corrected chi connectivity index (χ0v) is 10.6. The summed E-state index contributed by atoms with van der Waals surface area (Å²) in [6.45, 7) is 0.204. The number of alkyl halides is 3. The van der Waals surface area contributed by atoms with Gasteiger partial charge in [0.2, 0.25) is 0 Å². The summed E-state index contributed by atoms with van der Waals surface area (Å²) in [6.07, 6.45) is -4.67. The quantitative estimate of drug-likeness (QED) is 0.830. The van der Waals surface area contributed by atoms with Crippen LogP contribution in [0.15, 0.2) is 24.3 Å². The number of hydrogen-bond donors (Lipinski definition) is 2. The molecule has 0 spiro atoms. The van der Waals surface area contributed by atoms with Crippen molar-refractivity contribution in [2.24, 2.45) is 0 Å². The van der Waals surface area contributed by atoms with Crippen molar-refractivity contribution < 1.29 is 18.0 Å². The number of amides is 1. The van der Waals surface area contributed by atoms with E-state index in [9.17, 15) is 18.0 Å². The Kier molecular flexibility index (Phi) is 4.26. The van der Waals surface area contributed by atoms with Gasteiger partial charge in [-0.3, -0.25) is 9.89 Å². The van der Waals surface area contributed by atoms with Crippen molar-refractivity contribution in [1.82, 2.24) is 15.5 Å². The lowest BCUT2D eigenvalue weighted by molar-refractivity contribution is -0.135. The van der Waals surface area contributed by atoms with E-state index in [4.69, 9.17) is 0 Å². The number of H-pyrrole nitrogens is 1. The van der Waals surface area contributed by atoms with Crippen LogP contribution < -0.4 is 5.32 Å². The minimum absolute atomic E-state index is 0.00505. The van der Waals surface area contributed by atoms with E-state index in [-0.39, 0.29) is 31.0 Å². The Bertz CT molecular complexity index is 592. The molecule has 0 radical (unpaired) electrons. The van der Waals surface area contributed by atoms with Crippen molar-refractivity contribution in [2.75, 3.05) is 6.54 Å². The van der Waals surface area contributed by atoms with Gasteiger partial charge in [0.15, 0.2) is 5.69 Å². The zero-order valence-electron chi connectivity index (χ0n) is 10.6. The Morgan fingerprint density at radius 2 is 2.00 bits per heavy atom. The molecule has 0 aliphatic carbocycles. The van der Waals surface area contributed by atoms with Gasteiger partial charge in [-0.25, -0.2) is 0 Å². The second kappa shape index (κ2) is 5.94. The lowest BCUT2D eigenvalue weighted by atomic mass is 10.2. The van der Waals surface area contributed by atoms with E-state index in [2.05, 4.69) is 15.5 Å². The summed E-state index contributed by atoms with van der Waals surface area (Å²) in [4.78, 5) is 11.9. The third-order valence-electron chi connectivity index (χ3n) is 2.86. The molecule has 0 bridgehead atoms. The number of para-hydroxylation sites is 1. The van der Waals surface area contributed by atoms with Gasteiger partial charge in [0, 0.05) is 18.4 Å². The van der Waals surface area contributed by atoms with Gasteiger partial charge in [0.05, 0.1) is 5.52 Å². The number of benzene rings is 1. The molecule has 0 unspecified atom stereocenters. The largest absolute Gasteiger partial charge is 0.389 e. The second-order valence-electron chi connectivity index (χ2n) is 4.45. The van der Waals surface area contributed by atoms with Crippen LogP contribution >= 0.6 is 0 Å². The van der Waals surface area contributed by atoms with Gasteiger partial charge >= 0.3 is 6.18 Å². The van der Waals surface area contributed by atoms with Crippen LogP contribution in [0.2, 0.25) is 0 Å². The van der Waals surface area contributed by atoms with Crippen molar-refractivity contribution in [1.29, 1.82) is 0 Å². The molecule has 7 heteroatoms. The Morgan fingerprint density at radius 1 is 1.25 bits per heavy atom. The average molecular weight is 285 g/mol. The second-order valence-corrected chi connectivity index (χ2v) is 4.45. The Morgan fingerprint density at radius 3 is 2.75 bits per heavy atom. The molecule has 20 heavy (non-hydrogen) atoms. The van der Waals surface area contributed by atoms with Crippen LogP contribution in [0.25, 0.3) is 10.9 Å². The van der Waals surface area contributed by atoms with E-state index in [1.165, 1.54) is 0 Å². The van der Waals surface area contributed by atoms with Gasteiger partial charge in [-0.15, -0.1) is 0 Å². The Labute approximate surface area is 113 Å². The third-order valence-corrected chi connectivity index (χ3v) is 2.86. The van der Waals surface area contributed by atoms with Gasteiger partial charge in [-0.1, -0.05) is 18.2 Å². The summed E-state index contributed by atoms with van der Waals surface area (Å²) in [5.41, 5.74) is 1.01. The summed E-state index contributed by atoms with van der Waals surface area (Å²) >= 11 is 0. The van der Waals surface area contributed by atoms with Crippen LogP contribution in [0.5, 0.6) is 0 Å². The normalized spacial score (nSPS) is 11.8. The highest BCUT2D eigenvalue weighted by molar-refractivity contribution is 6.04. The number of halogens is 3. The first-order chi connectivity index (χ1) is 9.47. The number of aromatic nitrogens is 2. The maximum Gasteiger partial charge on any atom is 0.389 e. The minimum Gasteiger partial charge on any atom is -0.351 e. The summed E-state index contributed by atoms with van der Waals surface area (Å²) < 4.78 is 35.8. The van der Waals surface area contributed by atoms with Crippen LogP contribution in [0.1, 0.15) is 29.8 Å². The molecule has 1 amide bonds. The third kappa shape index (κ3) is 3.72. The molecular formula is C13H14F3N3O. The summed E-state index contributed by atoms with van der Waals surface area (Å²) in [5.74, 6) is -0.380. The fourth-order valence-corrected chi connectivity index (χ4v) is 1.87. The molecular weight excluding hydrogens is 271 g/mol. The molecule has 0 saturated carbocycles. The highest BCUT2D eigenvalue weighted by Gasteiger charge is 2.25. The standard InChI is InChI=1S/C13H14F3N3O/c14-13(15,16)7-3-4-8-17-12(20)11-9-5-1-2-6-10(9)18-19-11/h1-2,5-6H,3-4,7-8H2,(H,17,20)(H,18,19). The number of fused-ring (bicyclic) bond motifs is 1. The van der Waals surface area contributed by atoms with E-state index in [0.717, 1.165) is 5.52 Å². The van der Waals surface area contributed by atoms with Crippen LogP contribution in [-0.2, 0) is 0 Å². The predicted octanol–water partition coefficient (Wildman–Crippen LogP) is 3.03. The van der Waals surface area contributed by atoms with Crippen molar-refractivity contribution in [2.45, 2.75) is 25.4 Å². The van der Waals surface area contributed by atoms with Gasteiger partial charge in [0.25, 0.3) is 5.91 Å². The van der Waals surface area contributed by atoms with E-state index < -0.39 is 12.6 Å². The maximum absolute atomic E-state index is 11.9. The number of carbonyl (C=O) groups excluding carboxylic acids is 1. The fourth-order valence-electron chi connectivity index (χ4n) is 1.87. The molecule has 0 aliphatic rings. The van der Waals surface area contributed by atoms with Gasteiger partial charge in [-0.2, -0.15) is 18.3 Å². The number of hydrogen-bond acceptors (Lipinski definition) is 2. The highest BCUT2D eigenvalue weighted by atomic mass is 19.4. The van der Waals surface area contributed by atoms with Crippen molar-refractivity contribution in [3.63, 3.8) is 0 Å². The lowest BCUT2D eigenvalue weighted by Gasteiger charge is -2.06. The number of nitrogens with one attached hydrogen (secondary N) is 2. The first-order valence-corrected chi connectivity index (χ1v) is 6.25. The first-order valence-electron chi connectivity index (χ1n) is 6.25. The Balaban J connectivity index is 1.84. The summed E-state index contributed by atoms with van der Waals surface area (Å²) in [6, 6.07) is 7.16. The molecule has 2 N–H and O–H groups in total. The molecule has 108 valence electrons. The molecule has 1 aromatic heterocycles. The smallest absolute Gasteiger partial charge is 0.351 e. The van der Waals surface area contributed by atoms with Crippen LogP contribution in [0.3, 0.4) is 0 Å². The van der Waals surface area contributed by atoms with Crippen LogP contribution in [0, 0.1) is 0 Å². The van der Waals surface area contributed by atoms with Gasteiger partial charge in [0.1, 0.15) is 0 Å². The number of unbranched alkanes of at least 4 members (excludes halogenated alkanes) is 1. The fraction of sp³-hybridized carbons (Fsp3) is 0.385. The maximum atomic E-state index is 11.9.